The van der Waals surface area contributed by atoms with E-state index in [-0.39, 0.29) is 5.02 Å². The molecule has 0 atom stereocenters. The Bertz CT molecular complexity index is 412. The number of halogens is 2. The average Bonchev–Trinajstić information content (AvgIpc) is 2.62. The second-order valence-corrected chi connectivity index (χ2v) is 2.92. The number of imidazole rings is 1. The van der Waals surface area contributed by atoms with Crippen molar-refractivity contribution < 1.29 is 4.39 Å². The molecular formula is C9H6ClFN2. The highest BCUT2D eigenvalue weighted by Gasteiger charge is 2.05. The van der Waals surface area contributed by atoms with E-state index in [1.165, 1.54) is 6.07 Å². The minimum Gasteiger partial charge on any atom is -0.305 e. The van der Waals surface area contributed by atoms with E-state index in [1.54, 1.807) is 35.4 Å². The van der Waals surface area contributed by atoms with Crippen molar-refractivity contribution in [2.75, 3.05) is 0 Å². The van der Waals surface area contributed by atoms with Crippen molar-refractivity contribution in [3.05, 3.63) is 47.8 Å². The first-order valence-electron chi connectivity index (χ1n) is 3.71. The van der Waals surface area contributed by atoms with Crippen LogP contribution in [0, 0.1) is 5.82 Å². The summed E-state index contributed by atoms with van der Waals surface area (Å²) in [5.41, 5.74) is 0.596. The fourth-order valence-electron chi connectivity index (χ4n) is 1.09. The first-order chi connectivity index (χ1) is 6.29. The fourth-order valence-corrected chi connectivity index (χ4v) is 1.32. The van der Waals surface area contributed by atoms with Gasteiger partial charge in [0.2, 0.25) is 0 Å². The van der Waals surface area contributed by atoms with Gasteiger partial charge in [0.15, 0.2) is 0 Å². The van der Waals surface area contributed by atoms with E-state index in [0.717, 1.165) is 0 Å². The molecule has 0 spiro atoms. The minimum absolute atomic E-state index is 0.112. The van der Waals surface area contributed by atoms with E-state index < -0.39 is 5.82 Å². The summed E-state index contributed by atoms with van der Waals surface area (Å²) in [5, 5.41) is 0.112. The van der Waals surface area contributed by atoms with Crippen LogP contribution in [0.5, 0.6) is 0 Å². The molecule has 0 aliphatic rings. The second kappa shape index (κ2) is 3.18. The van der Waals surface area contributed by atoms with Crippen LogP contribution < -0.4 is 0 Å². The predicted octanol–water partition coefficient (Wildman–Crippen LogP) is 2.66. The van der Waals surface area contributed by atoms with Gasteiger partial charge in [-0.05, 0) is 12.1 Å². The Morgan fingerprint density at radius 1 is 1.38 bits per heavy atom. The molecule has 66 valence electrons. The third-order valence-corrected chi connectivity index (χ3v) is 2.09. The highest BCUT2D eigenvalue weighted by molar-refractivity contribution is 6.32. The van der Waals surface area contributed by atoms with E-state index in [9.17, 15) is 4.39 Å². The van der Waals surface area contributed by atoms with Crippen LogP contribution in [-0.4, -0.2) is 9.55 Å². The van der Waals surface area contributed by atoms with Crippen LogP contribution in [0.3, 0.4) is 0 Å². The van der Waals surface area contributed by atoms with Crippen LogP contribution >= 0.6 is 11.6 Å². The lowest BCUT2D eigenvalue weighted by atomic mass is 10.3. The van der Waals surface area contributed by atoms with E-state index in [4.69, 9.17) is 11.6 Å². The Morgan fingerprint density at radius 3 is 2.92 bits per heavy atom. The maximum Gasteiger partial charge on any atom is 0.143 e. The quantitative estimate of drug-likeness (QED) is 0.686. The number of rotatable bonds is 1. The van der Waals surface area contributed by atoms with Gasteiger partial charge in [0.05, 0.1) is 12.0 Å². The summed E-state index contributed by atoms with van der Waals surface area (Å²) in [6, 6.07) is 4.66. The lowest BCUT2D eigenvalue weighted by molar-refractivity contribution is 0.627. The van der Waals surface area contributed by atoms with Crippen LogP contribution in [0.1, 0.15) is 0 Å². The Labute approximate surface area is 79.6 Å². The summed E-state index contributed by atoms with van der Waals surface area (Å²) < 4.78 is 14.7. The van der Waals surface area contributed by atoms with Crippen molar-refractivity contribution in [3.8, 4) is 5.69 Å². The molecule has 0 saturated heterocycles. The van der Waals surface area contributed by atoms with Gasteiger partial charge in [0.1, 0.15) is 10.8 Å². The third kappa shape index (κ3) is 1.42. The van der Waals surface area contributed by atoms with Crippen LogP contribution in [0.15, 0.2) is 36.9 Å². The standard InChI is InChI=1S/C9H6ClFN2/c10-9-7(11)2-1-3-8(9)13-5-4-12-6-13/h1-6H. The lowest BCUT2D eigenvalue weighted by Crippen LogP contribution is -1.92. The summed E-state index contributed by atoms with van der Waals surface area (Å²) in [5.74, 6) is -0.423. The summed E-state index contributed by atoms with van der Waals surface area (Å²) in [6.45, 7) is 0. The number of hydrogen-bond acceptors (Lipinski definition) is 1. The van der Waals surface area contributed by atoms with Crippen LogP contribution in [0.4, 0.5) is 4.39 Å². The van der Waals surface area contributed by atoms with Gasteiger partial charge in [-0.25, -0.2) is 9.37 Å². The molecule has 0 saturated carbocycles. The summed E-state index contributed by atoms with van der Waals surface area (Å²) in [7, 11) is 0. The maximum absolute atomic E-state index is 13.0. The Kier molecular flexibility index (Phi) is 2.02. The van der Waals surface area contributed by atoms with Gasteiger partial charge < -0.3 is 4.57 Å². The molecule has 2 nitrogen and oxygen atoms in total. The van der Waals surface area contributed by atoms with Gasteiger partial charge in [-0.15, -0.1) is 0 Å². The Morgan fingerprint density at radius 2 is 2.23 bits per heavy atom. The molecule has 0 fully saturated rings. The molecule has 2 rings (SSSR count). The lowest BCUT2D eigenvalue weighted by Gasteiger charge is -2.04. The van der Waals surface area contributed by atoms with Crippen molar-refractivity contribution >= 4 is 11.6 Å². The number of hydrogen-bond donors (Lipinski definition) is 0. The largest absolute Gasteiger partial charge is 0.305 e. The zero-order chi connectivity index (χ0) is 9.26. The molecule has 1 aromatic carbocycles. The minimum atomic E-state index is -0.423. The first-order valence-corrected chi connectivity index (χ1v) is 4.09. The van der Waals surface area contributed by atoms with Gasteiger partial charge in [0, 0.05) is 12.4 Å². The molecule has 4 heteroatoms. The summed E-state index contributed by atoms with van der Waals surface area (Å²) in [6.07, 6.45) is 4.89. The number of aromatic nitrogens is 2. The van der Waals surface area contributed by atoms with Crippen LogP contribution in [0.2, 0.25) is 5.02 Å². The van der Waals surface area contributed by atoms with E-state index in [0.29, 0.717) is 5.69 Å². The molecule has 0 aliphatic heterocycles. The van der Waals surface area contributed by atoms with E-state index in [1.807, 2.05) is 0 Å². The number of benzene rings is 1. The molecule has 0 aliphatic carbocycles. The van der Waals surface area contributed by atoms with Crippen molar-refractivity contribution in [1.82, 2.24) is 9.55 Å². The zero-order valence-corrected chi connectivity index (χ0v) is 7.37. The maximum atomic E-state index is 13.0. The van der Waals surface area contributed by atoms with Crippen molar-refractivity contribution in [1.29, 1.82) is 0 Å². The van der Waals surface area contributed by atoms with Gasteiger partial charge in [-0.2, -0.15) is 0 Å². The Balaban J connectivity index is 2.59. The molecule has 0 unspecified atom stereocenters. The molecule has 0 amide bonds. The van der Waals surface area contributed by atoms with E-state index >= 15 is 0 Å². The zero-order valence-electron chi connectivity index (χ0n) is 6.61. The van der Waals surface area contributed by atoms with Gasteiger partial charge >= 0.3 is 0 Å². The monoisotopic (exact) mass is 196 g/mol. The van der Waals surface area contributed by atoms with E-state index in [2.05, 4.69) is 4.98 Å². The first kappa shape index (κ1) is 8.26. The molecule has 0 bridgehead atoms. The smallest absolute Gasteiger partial charge is 0.143 e. The normalized spacial score (nSPS) is 10.3. The highest BCUT2D eigenvalue weighted by atomic mass is 35.5. The number of nitrogens with zero attached hydrogens (tertiary/aromatic N) is 2. The SMILES string of the molecule is Fc1cccc(-n2ccnc2)c1Cl. The van der Waals surface area contributed by atoms with Crippen molar-refractivity contribution in [2.24, 2.45) is 0 Å². The molecule has 13 heavy (non-hydrogen) atoms. The molecule has 2 aromatic rings. The molecule has 1 aromatic heterocycles. The topological polar surface area (TPSA) is 17.8 Å². The van der Waals surface area contributed by atoms with Crippen LogP contribution in [0.25, 0.3) is 5.69 Å². The molecule has 0 N–H and O–H groups in total. The molecular weight excluding hydrogens is 191 g/mol. The molecule has 0 radical (unpaired) electrons. The van der Waals surface area contributed by atoms with Crippen molar-refractivity contribution in [2.45, 2.75) is 0 Å². The van der Waals surface area contributed by atoms with Gasteiger partial charge in [-0.3, -0.25) is 0 Å². The average molecular weight is 197 g/mol. The van der Waals surface area contributed by atoms with Crippen molar-refractivity contribution in [3.63, 3.8) is 0 Å². The summed E-state index contributed by atoms with van der Waals surface area (Å²) in [4.78, 5) is 3.85. The Hall–Kier alpha value is -1.35. The predicted molar refractivity (Wildman–Crippen MR) is 48.5 cm³/mol. The fraction of sp³-hybridized carbons (Fsp3) is 0. The van der Waals surface area contributed by atoms with Gasteiger partial charge in [0.25, 0.3) is 0 Å². The highest BCUT2D eigenvalue weighted by Crippen LogP contribution is 2.22. The van der Waals surface area contributed by atoms with Gasteiger partial charge in [-0.1, -0.05) is 17.7 Å². The molecule has 1 heterocycles. The third-order valence-electron chi connectivity index (χ3n) is 1.71. The second-order valence-electron chi connectivity index (χ2n) is 2.54. The summed E-state index contributed by atoms with van der Waals surface area (Å²) >= 11 is 5.76. The van der Waals surface area contributed by atoms with Crippen LogP contribution in [-0.2, 0) is 0 Å².